The minimum atomic E-state index is -0.823. The lowest BCUT2D eigenvalue weighted by molar-refractivity contribution is -0.137. The summed E-state index contributed by atoms with van der Waals surface area (Å²) < 4.78 is 0. The molecule has 1 aromatic carbocycles. The number of carboxylic acid groups (broad SMARTS) is 1. The van der Waals surface area contributed by atoms with E-state index in [1.54, 1.807) is 36.0 Å². The van der Waals surface area contributed by atoms with Crippen molar-refractivity contribution in [1.29, 1.82) is 0 Å². The van der Waals surface area contributed by atoms with Crippen molar-refractivity contribution in [3.05, 3.63) is 29.3 Å². The van der Waals surface area contributed by atoms with Gasteiger partial charge in [0.25, 0.3) is 0 Å². The zero-order valence-electron chi connectivity index (χ0n) is 9.65. The van der Waals surface area contributed by atoms with Crippen LogP contribution in [0.15, 0.2) is 24.3 Å². The Labute approximate surface area is 111 Å². The molecule has 0 saturated heterocycles. The van der Waals surface area contributed by atoms with Gasteiger partial charge in [-0.2, -0.15) is 11.8 Å². The molecule has 0 aliphatic rings. The molecule has 0 heterocycles. The van der Waals surface area contributed by atoms with Crippen LogP contribution in [0, 0.1) is 0 Å². The third kappa shape index (κ3) is 5.33. The van der Waals surface area contributed by atoms with Crippen molar-refractivity contribution < 1.29 is 9.90 Å². The van der Waals surface area contributed by atoms with Crippen LogP contribution >= 0.6 is 23.4 Å². The maximum atomic E-state index is 11.1. The summed E-state index contributed by atoms with van der Waals surface area (Å²) in [6.45, 7) is 2.06. The van der Waals surface area contributed by atoms with Crippen LogP contribution in [-0.4, -0.2) is 28.6 Å². The summed E-state index contributed by atoms with van der Waals surface area (Å²) >= 11 is 7.51. The summed E-state index contributed by atoms with van der Waals surface area (Å²) in [5, 5.41) is 12.7. The van der Waals surface area contributed by atoms with Crippen LogP contribution in [0.2, 0.25) is 5.02 Å². The van der Waals surface area contributed by atoms with Gasteiger partial charge in [-0.25, -0.2) is 4.79 Å². The van der Waals surface area contributed by atoms with Crippen molar-refractivity contribution in [2.75, 3.05) is 16.8 Å². The van der Waals surface area contributed by atoms with E-state index < -0.39 is 12.0 Å². The number of carbonyl (C=O) groups is 1. The topological polar surface area (TPSA) is 49.3 Å². The van der Waals surface area contributed by atoms with Crippen LogP contribution in [0.1, 0.15) is 13.3 Å². The Bertz CT molecular complexity index is 356. The maximum Gasteiger partial charge on any atom is 0.326 e. The summed E-state index contributed by atoms with van der Waals surface area (Å²) in [5.41, 5.74) is 0.781. The average molecular weight is 274 g/mol. The van der Waals surface area contributed by atoms with Crippen LogP contribution in [0.25, 0.3) is 0 Å². The van der Waals surface area contributed by atoms with Gasteiger partial charge in [-0.05, 0) is 42.2 Å². The Hall–Kier alpha value is -0.870. The van der Waals surface area contributed by atoms with Crippen LogP contribution in [-0.2, 0) is 4.79 Å². The second kappa shape index (κ2) is 7.45. The van der Waals surface area contributed by atoms with Gasteiger partial charge >= 0.3 is 5.97 Å². The molecule has 0 saturated carbocycles. The molecule has 0 fully saturated rings. The molecular formula is C12H16ClNO2S. The molecule has 0 amide bonds. The highest BCUT2D eigenvalue weighted by atomic mass is 35.5. The molecule has 17 heavy (non-hydrogen) atoms. The lowest BCUT2D eigenvalue weighted by atomic mass is 10.2. The number of hydrogen-bond acceptors (Lipinski definition) is 3. The minimum Gasteiger partial charge on any atom is -0.480 e. The molecule has 0 aromatic heterocycles. The molecule has 1 unspecified atom stereocenters. The third-order valence-corrected chi connectivity index (χ3v) is 3.42. The Balaban J connectivity index is 2.54. The number of benzene rings is 1. The van der Waals surface area contributed by atoms with Crippen LogP contribution in [0.3, 0.4) is 0 Å². The predicted molar refractivity (Wildman–Crippen MR) is 74.1 cm³/mol. The summed E-state index contributed by atoms with van der Waals surface area (Å²) in [4.78, 5) is 11.1. The van der Waals surface area contributed by atoms with Gasteiger partial charge in [0.15, 0.2) is 0 Å². The van der Waals surface area contributed by atoms with Crippen LogP contribution < -0.4 is 5.32 Å². The van der Waals surface area contributed by atoms with E-state index in [9.17, 15) is 4.79 Å². The molecule has 0 aliphatic heterocycles. The number of rotatable bonds is 7. The first kappa shape index (κ1) is 14.2. The number of nitrogens with one attached hydrogen (secondary N) is 1. The fourth-order valence-electron chi connectivity index (χ4n) is 1.35. The van der Waals surface area contributed by atoms with Gasteiger partial charge in [0.05, 0.1) is 0 Å². The van der Waals surface area contributed by atoms with Crippen molar-refractivity contribution in [2.45, 2.75) is 19.4 Å². The van der Waals surface area contributed by atoms with E-state index in [4.69, 9.17) is 16.7 Å². The van der Waals surface area contributed by atoms with Crippen molar-refractivity contribution in [2.24, 2.45) is 0 Å². The van der Waals surface area contributed by atoms with Gasteiger partial charge in [0.1, 0.15) is 6.04 Å². The van der Waals surface area contributed by atoms with E-state index in [1.165, 1.54) is 0 Å². The smallest absolute Gasteiger partial charge is 0.326 e. The number of halogens is 1. The SMILES string of the molecule is CCSCCC(Nc1ccc(Cl)cc1)C(=O)O. The summed E-state index contributed by atoms with van der Waals surface area (Å²) in [7, 11) is 0. The largest absolute Gasteiger partial charge is 0.480 e. The van der Waals surface area contributed by atoms with Crippen molar-refractivity contribution in [3.63, 3.8) is 0 Å². The fourth-order valence-corrected chi connectivity index (χ4v) is 2.17. The molecule has 0 bridgehead atoms. The highest BCUT2D eigenvalue weighted by molar-refractivity contribution is 7.99. The molecular weight excluding hydrogens is 258 g/mol. The van der Waals surface area contributed by atoms with Gasteiger partial charge in [-0.1, -0.05) is 18.5 Å². The molecule has 3 nitrogen and oxygen atoms in total. The molecule has 1 atom stereocenters. The molecule has 0 aliphatic carbocycles. The second-order valence-corrected chi connectivity index (χ2v) is 5.36. The zero-order valence-corrected chi connectivity index (χ0v) is 11.2. The molecule has 0 spiro atoms. The Morgan fingerprint density at radius 2 is 2.12 bits per heavy atom. The third-order valence-electron chi connectivity index (χ3n) is 2.24. The lowest BCUT2D eigenvalue weighted by Crippen LogP contribution is -2.29. The van der Waals surface area contributed by atoms with Crippen LogP contribution in [0.4, 0.5) is 5.69 Å². The van der Waals surface area contributed by atoms with Gasteiger partial charge in [-0.15, -0.1) is 0 Å². The van der Waals surface area contributed by atoms with Gasteiger partial charge in [-0.3, -0.25) is 0 Å². The molecule has 1 aromatic rings. The van der Waals surface area contributed by atoms with E-state index >= 15 is 0 Å². The van der Waals surface area contributed by atoms with Gasteiger partial charge in [0.2, 0.25) is 0 Å². The Morgan fingerprint density at radius 3 is 2.65 bits per heavy atom. The normalized spacial score (nSPS) is 12.1. The Kier molecular flexibility index (Phi) is 6.22. The molecule has 5 heteroatoms. The molecule has 2 N–H and O–H groups in total. The number of thioether (sulfide) groups is 1. The quantitative estimate of drug-likeness (QED) is 0.748. The van der Waals surface area contributed by atoms with E-state index in [0.717, 1.165) is 17.2 Å². The zero-order chi connectivity index (χ0) is 12.7. The fraction of sp³-hybridized carbons (Fsp3) is 0.417. The van der Waals surface area contributed by atoms with Crippen molar-refractivity contribution >= 4 is 35.0 Å². The first-order chi connectivity index (χ1) is 8.13. The second-order valence-electron chi connectivity index (χ2n) is 3.53. The van der Waals surface area contributed by atoms with E-state index in [0.29, 0.717) is 11.4 Å². The summed E-state index contributed by atoms with van der Waals surface area (Å²) in [5.74, 6) is 1.03. The molecule has 1 rings (SSSR count). The number of anilines is 1. The summed E-state index contributed by atoms with van der Waals surface area (Å²) in [6, 6.07) is 6.50. The van der Waals surface area contributed by atoms with E-state index in [-0.39, 0.29) is 0 Å². The monoisotopic (exact) mass is 273 g/mol. The lowest BCUT2D eigenvalue weighted by Gasteiger charge is -2.15. The van der Waals surface area contributed by atoms with Crippen molar-refractivity contribution in [1.82, 2.24) is 0 Å². The van der Waals surface area contributed by atoms with E-state index in [1.807, 2.05) is 0 Å². The highest BCUT2D eigenvalue weighted by Crippen LogP contribution is 2.16. The first-order valence-electron chi connectivity index (χ1n) is 5.46. The molecule has 94 valence electrons. The standard InChI is InChI=1S/C12H16ClNO2S/c1-2-17-8-7-11(12(15)16)14-10-5-3-9(13)4-6-10/h3-6,11,14H,2,7-8H2,1H3,(H,15,16). The van der Waals surface area contributed by atoms with E-state index in [2.05, 4.69) is 12.2 Å². The van der Waals surface area contributed by atoms with Crippen molar-refractivity contribution in [3.8, 4) is 0 Å². The van der Waals surface area contributed by atoms with Gasteiger partial charge in [0, 0.05) is 10.7 Å². The number of carboxylic acids is 1. The number of aliphatic carboxylic acids is 1. The Morgan fingerprint density at radius 1 is 1.47 bits per heavy atom. The summed E-state index contributed by atoms with van der Waals surface area (Å²) in [6.07, 6.45) is 0.608. The molecule has 0 radical (unpaired) electrons. The number of hydrogen-bond donors (Lipinski definition) is 2. The van der Waals surface area contributed by atoms with Crippen LogP contribution in [0.5, 0.6) is 0 Å². The van der Waals surface area contributed by atoms with Gasteiger partial charge < -0.3 is 10.4 Å². The average Bonchev–Trinajstić information content (AvgIpc) is 2.30. The minimum absolute atomic E-state index is 0.546. The maximum absolute atomic E-state index is 11.1. The first-order valence-corrected chi connectivity index (χ1v) is 6.99. The highest BCUT2D eigenvalue weighted by Gasteiger charge is 2.16. The predicted octanol–water partition coefficient (Wildman–Crippen LogP) is 3.35.